The standard InChI is InChI=1S/C23H17N3O4/c1-16(17-9-8-14-20(15-17)26(29)30)21-22(27)24(18-10-4-2-5-11-18)25(23(21)28)19-12-6-3-7-13-19/h2-15H,1H3. The van der Waals surface area contributed by atoms with E-state index in [1.807, 2.05) is 12.1 Å². The van der Waals surface area contributed by atoms with E-state index in [0.717, 1.165) is 0 Å². The van der Waals surface area contributed by atoms with Crippen LogP contribution in [0.2, 0.25) is 0 Å². The molecule has 1 fully saturated rings. The van der Waals surface area contributed by atoms with Crippen molar-refractivity contribution in [2.45, 2.75) is 6.92 Å². The normalized spacial score (nSPS) is 13.7. The average molecular weight is 399 g/mol. The summed E-state index contributed by atoms with van der Waals surface area (Å²) in [6.45, 7) is 1.63. The minimum absolute atomic E-state index is 0.0248. The molecule has 30 heavy (non-hydrogen) atoms. The number of benzene rings is 3. The Morgan fingerprint density at radius 2 is 1.27 bits per heavy atom. The van der Waals surface area contributed by atoms with Gasteiger partial charge in [0.2, 0.25) is 0 Å². The van der Waals surface area contributed by atoms with Crippen LogP contribution in [0.15, 0.2) is 90.5 Å². The zero-order chi connectivity index (χ0) is 21.3. The van der Waals surface area contributed by atoms with Crippen molar-refractivity contribution in [3.63, 3.8) is 0 Å². The molecule has 0 N–H and O–H groups in total. The number of carbonyl (C=O) groups excluding carboxylic acids is 2. The lowest BCUT2D eigenvalue weighted by Crippen LogP contribution is -2.41. The number of para-hydroxylation sites is 2. The van der Waals surface area contributed by atoms with Gasteiger partial charge in [0.25, 0.3) is 17.5 Å². The Balaban J connectivity index is 1.89. The number of hydrazine groups is 1. The fraction of sp³-hybridized carbons (Fsp3) is 0.0435. The van der Waals surface area contributed by atoms with Crippen LogP contribution in [0.3, 0.4) is 0 Å². The molecule has 4 rings (SSSR count). The molecule has 148 valence electrons. The van der Waals surface area contributed by atoms with E-state index in [1.54, 1.807) is 61.5 Å². The molecule has 7 heteroatoms. The summed E-state index contributed by atoms with van der Waals surface area (Å²) in [6, 6.07) is 23.7. The second-order valence-corrected chi connectivity index (χ2v) is 6.71. The van der Waals surface area contributed by atoms with Crippen molar-refractivity contribution in [3.05, 3.63) is 106 Å². The summed E-state index contributed by atoms with van der Waals surface area (Å²) in [4.78, 5) is 37.4. The number of non-ortho nitro benzene ring substituents is 1. The molecule has 0 atom stereocenters. The fourth-order valence-corrected chi connectivity index (χ4v) is 3.41. The highest BCUT2D eigenvalue weighted by Crippen LogP contribution is 2.35. The summed E-state index contributed by atoms with van der Waals surface area (Å²) >= 11 is 0. The zero-order valence-electron chi connectivity index (χ0n) is 16.1. The SMILES string of the molecule is CC(=C1C(=O)N(c2ccccc2)N(c2ccccc2)C1=O)c1cccc([N+](=O)[O-])c1. The van der Waals surface area contributed by atoms with E-state index in [9.17, 15) is 19.7 Å². The number of anilines is 2. The number of nitro benzene ring substituents is 1. The van der Waals surface area contributed by atoms with Crippen molar-refractivity contribution < 1.29 is 14.5 Å². The number of allylic oxidation sites excluding steroid dienone is 1. The third-order valence-corrected chi connectivity index (χ3v) is 4.88. The van der Waals surface area contributed by atoms with Gasteiger partial charge in [-0.25, -0.2) is 10.0 Å². The molecular formula is C23H17N3O4. The lowest BCUT2D eigenvalue weighted by atomic mass is 10.0. The molecule has 1 aliphatic heterocycles. The van der Waals surface area contributed by atoms with Crippen molar-refractivity contribution in [2.24, 2.45) is 0 Å². The predicted molar refractivity (Wildman–Crippen MR) is 114 cm³/mol. The number of hydrogen-bond donors (Lipinski definition) is 0. The molecule has 3 aromatic rings. The molecule has 0 radical (unpaired) electrons. The van der Waals surface area contributed by atoms with Gasteiger partial charge in [0.15, 0.2) is 0 Å². The molecule has 0 aliphatic carbocycles. The van der Waals surface area contributed by atoms with Gasteiger partial charge in [-0.1, -0.05) is 48.5 Å². The van der Waals surface area contributed by atoms with Crippen molar-refractivity contribution in [1.29, 1.82) is 0 Å². The van der Waals surface area contributed by atoms with Crippen LogP contribution in [0.25, 0.3) is 5.57 Å². The highest BCUT2D eigenvalue weighted by atomic mass is 16.6. The molecule has 2 amide bonds. The Bertz CT molecular complexity index is 1110. The summed E-state index contributed by atoms with van der Waals surface area (Å²) in [5.74, 6) is -0.974. The predicted octanol–water partition coefficient (Wildman–Crippen LogP) is 4.36. The maximum atomic E-state index is 13.4. The monoisotopic (exact) mass is 399 g/mol. The van der Waals surface area contributed by atoms with Crippen molar-refractivity contribution in [2.75, 3.05) is 10.0 Å². The second-order valence-electron chi connectivity index (χ2n) is 6.71. The maximum absolute atomic E-state index is 13.4. The topological polar surface area (TPSA) is 83.8 Å². The van der Waals surface area contributed by atoms with Gasteiger partial charge in [-0.3, -0.25) is 19.7 Å². The van der Waals surface area contributed by atoms with Gasteiger partial charge < -0.3 is 0 Å². The third-order valence-electron chi connectivity index (χ3n) is 4.88. The number of nitro groups is 1. The number of nitrogens with zero attached hydrogens (tertiary/aromatic N) is 3. The average Bonchev–Trinajstić information content (AvgIpc) is 3.04. The molecule has 7 nitrogen and oxygen atoms in total. The number of hydrogen-bond acceptors (Lipinski definition) is 4. The number of carbonyl (C=O) groups is 2. The van der Waals surface area contributed by atoms with E-state index in [4.69, 9.17) is 0 Å². The zero-order valence-corrected chi connectivity index (χ0v) is 16.1. The lowest BCUT2D eigenvalue weighted by Gasteiger charge is -2.27. The molecular weight excluding hydrogens is 382 g/mol. The van der Waals surface area contributed by atoms with E-state index < -0.39 is 16.7 Å². The van der Waals surface area contributed by atoms with Crippen LogP contribution in [0, 0.1) is 10.1 Å². The fourth-order valence-electron chi connectivity index (χ4n) is 3.41. The molecule has 0 spiro atoms. The molecule has 1 heterocycles. The second kappa shape index (κ2) is 7.63. The van der Waals surface area contributed by atoms with Gasteiger partial charge in [-0.2, -0.15) is 0 Å². The first kappa shape index (κ1) is 19.1. The Kier molecular flexibility index (Phi) is 4.85. The van der Waals surface area contributed by atoms with Gasteiger partial charge in [0.05, 0.1) is 16.3 Å². The van der Waals surface area contributed by atoms with E-state index in [1.165, 1.54) is 28.2 Å². The highest BCUT2D eigenvalue weighted by molar-refractivity contribution is 6.39. The quantitative estimate of drug-likeness (QED) is 0.282. The van der Waals surface area contributed by atoms with Crippen LogP contribution in [0.4, 0.5) is 17.1 Å². The van der Waals surface area contributed by atoms with Gasteiger partial charge in [0, 0.05) is 12.1 Å². The number of rotatable bonds is 4. The van der Waals surface area contributed by atoms with Gasteiger partial charge in [-0.05, 0) is 42.3 Å². The molecule has 0 aromatic heterocycles. The molecule has 0 saturated carbocycles. The Labute approximate surface area is 172 Å². The van der Waals surface area contributed by atoms with Crippen LogP contribution in [-0.2, 0) is 9.59 Å². The number of amides is 2. The minimum Gasteiger partial charge on any atom is -0.267 e. The van der Waals surface area contributed by atoms with Crippen LogP contribution < -0.4 is 10.0 Å². The first-order valence-corrected chi connectivity index (χ1v) is 9.23. The molecule has 0 unspecified atom stereocenters. The first-order chi connectivity index (χ1) is 14.5. The maximum Gasteiger partial charge on any atom is 0.283 e. The van der Waals surface area contributed by atoms with E-state index in [0.29, 0.717) is 22.5 Å². The van der Waals surface area contributed by atoms with E-state index >= 15 is 0 Å². The third kappa shape index (κ3) is 3.22. The highest BCUT2D eigenvalue weighted by Gasteiger charge is 2.44. The van der Waals surface area contributed by atoms with Crippen molar-refractivity contribution >= 4 is 34.4 Å². The Hall–Kier alpha value is -4.26. The van der Waals surface area contributed by atoms with Crippen LogP contribution in [-0.4, -0.2) is 16.7 Å². The molecule has 1 aliphatic rings. The lowest BCUT2D eigenvalue weighted by molar-refractivity contribution is -0.384. The van der Waals surface area contributed by atoms with Crippen molar-refractivity contribution in [3.8, 4) is 0 Å². The van der Waals surface area contributed by atoms with E-state index in [-0.39, 0.29) is 11.3 Å². The molecule has 1 saturated heterocycles. The summed E-state index contributed by atoms with van der Waals surface area (Å²) in [7, 11) is 0. The smallest absolute Gasteiger partial charge is 0.267 e. The minimum atomic E-state index is -0.508. The van der Waals surface area contributed by atoms with Gasteiger partial charge in [0.1, 0.15) is 5.57 Å². The molecule has 0 bridgehead atoms. The Morgan fingerprint density at radius 1 is 0.767 bits per heavy atom. The summed E-state index contributed by atoms with van der Waals surface area (Å²) in [6.07, 6.45) is 0. The van der Waals surface area contributed by atoms with Gasteiger partial charge in [-0.15, -0.1) is 0 Å². The van der Waals surface area contributed by atoms with E-state index in [2.05, 4.69) is 0 Å². The Morgan fingerprint density at radius 3 is 1.73 bits per heavy atom. The largest absolute Gasteiger partial charge is 0.283 e. The van der Waals surface area contributed by atoms with Crippen LogP contribution in [0.5, 0.6) is 0 Å². The van der Waals surface area contributed by atoms with Crippen LogP contribution in [0.1, 0.15) is 12.5 Å². The summed E-state index contributed by atoms with van der Waals surface area (Å²) < 4.78 is 0. The van der Waals surface area contributed by atoms with Crippen LogP contribution >= 0.6 is 0 Å². The molecule has 3 aromatic carbocycles. The summed E-state index contributed by atoms with van der Waals surface area (Å²) in [5, 5.41) is 13.8. The first-order valence-electron chi connectivity index (χ1n) is 9.23. The van der Waals surface area contributed by atoms with Gasteiger partial charge >= 0.3 is 0 Å². The van der Waals surface area contributed by atoms with Crippen molar-refractivity contribution in [1.82, 2.24) is 0 Å². The summed E-state index contributed by atoms with van der Waals surface area (Å²) in [5.41, 5.74) is 1.79.